The Morgan fingerprint density at radius 1 is 1.16 bits per heavy atom. The number of ketones is 1. The van der Waals surface area contributed by atoms with E-state index in [1.165, 1.54) is 12.0 Å². The largest absolute Gasteiger partial charge is 0.299 e. The van der Waals surface area contributed by atoms with Crippen molar-refractivity contribution in [3.8, 4) is 0 Å². The summed E-state index contributed by atoms with van der Waals surface area (Å²) in [5, 5.41) is 0. The zero-order valence-electron chi connectivity index (χ0n) is 12.7. The molecule has 0 N–H and O–H groups in total. The number of Topliss-reactive ketones (excluding diaryl/α,β-unsaturated/α-hetero) is 1. The smallest absolute Gasteiger partial charge is 0.140 e. The number of hydrogen-bond donors (Lipinski definition) is 0. The molecule has 1 heteroatoms. The maximum Gasteiger partial charge on any atom is 0.140 e. The minimum atomic E-state index is 0.184. The van der Waals surface area contributed by atoms with E-state index in [-0.39, 0.29) is 5.41 Å². The molecule has 1 aliphatic carbocycles. The van der Waals surface area contributed by atoms with Crippen LogP contribution in [0.4, 0.5) is 0 Å². The van der Waals surface area contributed by atoms with Crippen LogP contribution in [0.3, 0.4) is 0 Å². The maximum atomic E-state index is 12.2. The summed E-state index contributed by atoms with van der Waals surface area (Å²) in [4.78, 5) is 12.2. The molecule has 0 saturated heterocycles. The van der Waals surface area contributed by atoms with Gasteiger partial charge in [-0.15, -0.1) is 0 Å². The van der Waals surface area contributed by atoms with Gasteiger partial charge in [0.05, 0.1) is 0 Å². The fourth-order valence-electron chi connectivity index (χ4n) is 2.97. The van der Waals surface area contributed by atoms with Gasteiger partial charge in [0, 0.05) is 12.3 Å². The monoisotopic (exact) mass is 258 g/mol. The lowest BCUT2D eigenvalue weighted by Crippen LogP contribution is -2.14. The van der Waals surface area contributed by atoms with Gasteiger partial charge in [-0.1, -0.05) is 52.0 Å². The van der Waals surface area contributed by atoms with Crippen LogP contribution < -0.4 is 0 Å². The van der Waals surface area contributed by atoms with Gasteiger partial charge in [-0.05, 0) is 41.7 Å². The molecule has 1 saturated carbocycles. The summed E-state index contributed by atoms with van der Waals surface area (Å²) < 4.78 is 0. The Kier molecular flexibility index (Phi) is 4.13. The molecule has 0 spiro atoms. The predicted molar refractivity (Wildman–Crippen MR) is 80.4 cm³/mol. The second kappa shape index (κ2) is 5.48. The minimum Gasteiger partial charge on any atom is -0.299 e. The van der Waals surface area contributed by atoms with Crippen LogP contribution in [-0.4, -0.2) is 5.78 Å². The van der Waals surface area contributed by atoms with Crippen molar-refractivity contribution in [2.45, 2.75) is 58.8 Å². The van der Waals surface area contributed by atoms with Crippen molar-refractivity contribution in [2.75, 3.05) is 0 Å². The van der Waals surface area contributed by atoms with Crippen molar-refractivity contribution in [3.05, 3.63) is 35.4 Å². The SMILES string of the molecule is CC1CCC(C(=O)Cc2ccc(C(C)(C)C)cc2)C1. The number of carbonyl (C=O) groups is 1. The van der Waals surface area contributed by atoms with E-state index in [1.807, 2.05) is 0 Å². The van der Waals surface area contributed by atoms with Crippen LogP contribution in [0.15, 0.2) is 24.3 Å². The van der Waals surface area contributed by atoms with Gasteiger partial charge >= 0.3 is 0 Å². The Morgan fingerprint density at radius 2 is 1.79 bits per heavy atom. The third-order valence-corrected chi connectivity index (χ3v) is 4.35. The standard InChI is InChI=1S/C18H26O/c1-13-5-8-15(11-13)17(19)12-14-6-9-16(10-7-14)18(2,3)4/h6-7,9-10,13,15H,5,8,11-12H2,1-4H3. The molecule has 19 heavy (non-hydrogen) atoms. The lowest BCUT2D eigenvalue weighted by atomic mass is 9.86. The number of hydrogen-bond acceptors (Lipinski definition) is 1. The summed E-state index contributed by atoms with van der Waals surface area (Å²) >= 11 is 0. The number of benzene rings is 1. The molecule has 104 valence electrons. The van der Waals surface area contributed by atoms with E-state index in [4.69, 9.17) is 0 Å². The zero-order valence-corrected chi connectivity index (χ0v) is 12.7. The molecule has 1 aromatic carbocycles. The van der Waals surface area contributed by atoms with Gasteiger partial charge in [-0.3, -0.25) is 4.79 Å². The van der Waals surface area contributed by atoms with Crippen molar-refractivity contribution in [1.29, 1.82) is 0 Å². The van der Waals surface area contributed by atoms with Crippen LogP contribution in [0.25, 0.3) is 0 Å². The second-order valence-corrected chi connectivity index (χ2v) is 7.21. The summed E-state index contributed by atoms with van der Waals surface area (Å²) in [7, 11) is 0. The van der Waals surface area contributed by atoms with Gasteiger partial charge in [0.25, 0.3) is 0 Å². The molecule has 1 fully saturated rings. The summed E-state index contributed by atoms with van der Waals surface area (Å²) in [6.07, 6.45) is 4.03. The second-order valence-electron chi connectivity index (χ2n) is 7.21. The molecular weight excluding hydrogens is 232 g/mol. The quantitative estimate of drug-likeness (QED) is 0.778. The first-order valence-electron chi connectivity index (χ1n) is 7.48. The van der Waals surface area contributed by atoms with Gasteiger partial charge < -0.3 is 0 Å². The first kappa shape index (κ1) is 14.3. The fourth-order valence-corrected chi connectivity index (χ4v) is 2.97. The van der Waals surface area contributed by atoms with E-state index in [0.29, 0.717) is 18.1 Å². The Balaban J connectivity index is 1.98. The average molecular weight is 258 g/mol. The summed E-state index contributed by atoms with van der Waals surface area (Å²) in [6, 6.07) is 8.58. The molecular formula is C18H26O. The van der Waals surface area contributed by atoms with E-state index in [2.05, 4.69) is 52.0 Å². The first-order chi connectivity index (χ1) is 8.86. The molecule has 0 bridgehead atoms. The van der Waals surface area contributed by atoms with Crippen LogP contribution in [0.1, 0.15) is 58.1 Å². The van der Waals surface area contributed by atoms with Gasteiger partial charge in [0.2, 0.25) is 0 Å². The highest BCUT2D eigenvalue weighted by molar-refractivity contribution is 5.83. The predicted octanol–water partition coefficient (Wildman–Crippen LogP) is 4.53. The van der Waals surface area contributed by atoms with Gasteiger partial charge in [0.15, 0.2) is 0 Å². The third-order valence-electron chi connectivity index (χ3n) is 4.35. The third kappa shape index (κ3) is 3.68. The van der Waals surface area contributed by atoms with Crippen molar-refractivity contribution in [1.82, 2.24) is 0 Å². The highest BCUT2D eigenvalue weighted by Crippen LogP contribution is 2.31. The van der Waals surface area contributed by atoms with Crippen LogP contribution in [-0.2, 0) is 16.6 Å². The fraction of sp³-hybridized carbons (Fsp3) is 0.611. The Bertz CT molecular complexity index is 436. The minimum absolute atomic E-state index is 0.184. The van der Waals surface area contributed by atoms with E-state index in [1.54, 1.807) is 0 Å². The normalized spacial score (nSPS) is 23.6. The van der Waals surface area contributed by atoms with Crippen molar-refractivity contribution in [3.63, 3.8) is 0 Å². The molecule has 2 rings (SSSR count). The summed E-state index contributed by atoms with van der Waals surface area (Å²) in [6.45, 7) is 8.90. The molecule has 0 heterocycles. The van der Waals surface area contributed by atoms with Gasteiger partial charge in [0.1, 0.15) is 5.78 Å². The van der Waals surface area contributed by atoms with Crippen LogP contribution in [0.2, 0.25) is 0 Å². The van der Waals surface area contributed by atoms with Gasteiger partial charge in [-0.2, -0.15) is 0 Å². The lowest BCUT2D eigenvalue weighted by molar-refractivity contribution is -0.122. The highest BCUT2D eigenvalue weighted by atomic mass is 16.1. The molecule has 0 aromatic heterocycles. The van der Waals surface area contributed by atoms with Crippen molar-refractivity contribution in [2.24, 2.45) is 11.8 Å². The molecule has 1 aliphatic rings. The summed E-state index contributed by atoms with van der Waals surface area (Å²) in [5.74, 6) is 1.49. The molecule has 0 aliphatic heterocycles. The van der Waals surface area contributed by atoms with E-state index >= 15 is 0 Å². The number of rotatable bonds is 3. The number of carbonyl (C=O) groups excluding carboxylic acids is 1. The average Bonchev–Trinajstić information content (AvgIpc) is 2.75. The molecule has 1 nitrogen and oxygen atoms in total. The van der Waals surface area contributed by atoms with E-state index < -0.39 is 0 Å². The first-order valence-corrected chi connectivity index (χ1v) is 7.48. The Hall–Kier alpha value is -1.11. The van der Waals surface area contributed by atoms with Gasteiger partial charge in [-0.25, -0.2) is 0 Å². The molecule has 1 aromatic rings. The van der Waals surface area contributed by atoms with E-state index in [0.717, 1.165) is 24.3 Å². The van der Waals surface area contributed by atoms with Crippen LogP contribution >= 0.6 is 0 Å². The van der Waals surface area contributed by atoms with E-state index in [9.17, 15) is 4.79 Å². The lowest BCUT2D eigenvalue weighted by Gasteiger charge is -2.19. The molecule has 2 unspecified atom stereocenters. The zero-order chi connectivity index (χ0) is 14.0. The van der Waals surface area contributed by atoms with Crippen molar-refractivity contribution >= 4 is 5.78 Å². The topological polar surface area (TPSA) is 17.1 Å². The highest BCUT2D eigenvalue weighted by Gasteiger charge is 2.27. The molecule has 0 amide bonds. The Morgan fingerprint density at radius 3 is 2.26 bits per heavy atom. The van der Waals surface area contributed by atoms with Crippen LogP contribution in [0, 0.1) is 11.8 Å². The molecule has 0 radical (unpaired) electrons. The Labute approximate surface area is 117 Å². The molecule has 2 atom stereocenters. The summed E-state index contributed by atoms with van der Waals surface area (Å²) in [5.41, 5.74) is 2.68. The van der Waals surface area contributed by atoms with Crippen molar-refractivity contribution < 1.29 is 4.79 Å². The maximum absolute atomic E-state index is 12.2. The van der Waals surface area contributed by atoms with Crippen LogP contribution in [0.5, 0.6) is 0 Å².